The molecule has 0 aromatic rings. The molecule has 0 fully saturated rings. The molecule has 0 aliphatic carbocycles. The Balaban J connectivity index is 3.45. The van der Waals surface area contributed by atoms with Crippen molar-refractivity contribution >= 4 is 5.97 Å². The van der Waals surface area contributed by atoms with Crippen molar-refractivity contribution in [2.24, 2.45) is 0 Å². The molecule has 0 spiro atoms. The summed E-state index contributed by atoms with van der Waals surface area (Å²) < 4.78 is 4.88. The molecule has 0 bridgehead atoms. The lowest BCUT2D eigenvalue weighted by molar-refractivity contribution is -0.143. The summed E-state index contributed by atoms with van der Waals surface area (Å²) in [5.74, 6) is -0.0534. The zero-order valence-corrected chi connectivity index (χ0v) is 11.1. The van der Waals surface area contributed by atoms with Gasteiger partial charge in [0.1, 0.15) is 0 Å². The molecule has 0 aromatic carbocycles. The fourth-order valence-corrected chi connectivity index (χ4v) is 1.74. The average molecular weight is 226 g/mol. The summed E-state index contributed by atoms with van der Waals surface area (Å²) in [7, 11) is 0. The van der Waals surface area contributed by atoms with Crippen LogP contribution in [0.15, 0.2) is 11.6 Å². The number of hydrogen-bond donors (Lipinski definition) is 0. The molecular weight excluding hydrogens is 200 g/mol. The third kappa shape index (κ3) is 8.51. The number of hydrogen-bond acceptors (Lipinski definition) is 2. The van der Waals surface area contributed by atoms with Crippen molar-refractivity contribution in [1.82, 2.24) is 0 Å². The first-order chi connectivity index (χ1) is 7.74. The van der Waals surface area contributed by atoms with E-state index in [2.05, 4.69) is 19.9 Å². The molecule has 0 amide bonds. The molecule has 0 unspecified atom stereocenters. The highest BCUT2D eigenvalue weighted by Crippen LogP contribution is 2.13. The second kappa shape index (κ2) is 10.7. The van der Waals surface area contributed by atoms with Gasteiger partial charge in [-0.15, -0.1) is 0 Å². The third-order valence-electron chi connectivity index (χ3n) is 2.63. The van der Waals surface area contributed by atoms with Crippen molar-refractivity contribution < 1.29 is 9.53 Å². The Labute approximate surface area is 100 Å². The van der Waals surface area contributed by atoms with Crippen LogP contribution in [0.5, 0.6) is 0 Å². The number of rotatable bonds is 9. The molecule has 2 nitrogen and oxygen atoms in total. The van der Waals surface area contributed by atoms with Crippen LogP contribution in [0, 0.1) is 0 Å². The van der Waals surface area contributed by atoms with E-state index in [1.54, 1.807) is 5.57 Å². The summed E-state index contributed by atoms with van der Waals surface area (Å²) in [4.78, 5) is 11.1. The molecule has 0 atom stereocenters. The molecule has 0 saturated carbocycles. The van der Waals surface area contributed by atoms with Crippen molar-refractivity contribution in [2.75, 3.05) is 6.61 Å². The maximum atomic E-state index is 11.1. The molecule has 16 heavy (non-hydrogen) atoms. The van der Waals surface area contributed by atoms with Gasteiger partial charge in [0.2, 0.25) is 0 Å². The van der Waals surface area contributed by atoms with Gasteiger partial charge in [0, 0.05) is 6.42 Å². The molecule has 0 N–H and O–H groups in total. The Morgan fingerprint density at radius 2 is 1.75 bits per heavy atom. The van der Waals surface area contributed by atoms with Gasteiger partial charge in [-0.25, -0.2) is 0 Å². The van der Waals surface area contributed by atoms with E-state index >= 15 is 0 Å². The van der Waals surface area contributed by atoms with E-state index in [9.17, 15) is 4.79 Å². The quantitative estimate of drug-likeness (QED) is 0.334. The average Bonchev–Trinajstić information content (AvgIpc) is 2.27. The van der Waals surface area contributed by atoms with Crippen molar-refractivity contribution in [3.05, 3.63) is 11.6 Å². The lowest BCUT2D eigenvalue weighted by Crippen LogP contribution is -2.03. The molecule has 0 aliphatic heterocycles. The van der Waals surface area contributed by atoms with Gasteiger partial charge in [-0.05, 0) is 39.0 Å². The van der Waals surface area contributed by atoms with Crippen LogP contribution in [-0.4, -0.2) is 12.6 Å². The highest BCUT2D eigenvalue weighted by molar-refractivity contribution is 5.69. The first-order valence-corrected chi connectivity index (χ1v) is 6.58. The Kier molecular flexibility index (Phi) is 10.2. The number of ether oxygens (including phenoxy) is 1. The van der Waals surface area contributed by atoms with E-state index < -0.39 is 0 Å². The summed E-state index contributed by atoms with van der Waals surface area (Å²) in [6.07, 6.45) is 9.66. The minimum atomic E-state index is -0.0534. The van der Waals surface area contributed by atoms with Gasteiger partial charge < -0.3 is 4.74 Å². The van der Waals surface area contributed by atoms with Crippen molar-refractivity contribution in [3.8, 4) is 0 Å². The first-order valence-electron chi connectivity index (χ1n) is 6.58. The van der Waals surface area contributed by atoms with Gasteiger partial charge in [-0.2, -0.15) is 0 Å². The first kappa shape index (κ1) is 15.2. The van der Waals surface area contributed by atoms with Crippen molar-refractivity contribution in [1.29, 1.82) is 0 Å². The largest absolute Gasteiger partial charge is 0.466 e. The second-order valence-electron chi connectivity index (χ2n) is 3.99. The zero-order valence-electron chi connectivity index (χ0n) is 11.1. The molecule has 0 radical (unpaired) electrons. The van der Waals surface area contributed by atoms with Crippen molar-refractivity contribution in [3.63, 3.8) is 0 Å². The number of esters is 1. The summed E-state index contributed by atoms with van der Waals surface area (Å²) in [5.41, 5.74) is 1.55. The summed E-state index contributed by atoms with van der Waals surface area (Å²) in [6.45, 7) is 6.73. The normalized spacial score (nSPS) is 11.6. The molecule has 0 aromatic heterocycles. The predicted octanol–water partition coefficient (Wildman–Crippen LogP) is 4.25. The highest BCUT2D eigenvalue weighted by Gasteiger charge is 2.01. The fourth-order valence-electron chi connectivity index (χ4n) is 1.74. The molecular formula is C14H26O2. The van der Waals surface area contributed by atoms with Gasteiger partial charge in [-0.3, -0.25) is 4.79 Å². The van der Waals surface area contributed by atoms with Gasteiger partial charge in [0.05, 0.1) is 6.61 Å². The van der Waals surface area contributed by atoms with Gasteiger partial charge in [-0.1, -0.05) is 31.9 Å². The lowest BCUT2D eigenvalue weighted by Gasteiger charge is -2.04. The van der Waals surface area contributed by atoms with Crippen LogP contribution in [0.4, 0.5) is 0 Å². The number of carbonyl (C=O) groups is 1. The lowest BCUT2D eigenvalue weighted by atomic mass is 10.0. The SMILES string of the molecule is CC/C=C(\CC)CCCCCC(=O)OCC. The minimum Gasteiger partial charge on any atom is -0.466 e. The molecule has 2 heteroatoms. The van der Waals surface area contributed by atoms with Crippen LogP contribution in [0.1, 0.15) is 65.7 Å². The summed E-state index contributed by atoms with van der Waals surface area (Å²) in [5, 5.41) is 0. The smallest absolute Gasteiger partial charge is 0.305 e. The number of unbranched alkanes of at least 4 members (excludes halogenated alkanes) is 2. The zero-order chi connectivity index (χ0) is 12.2. The van der Waals surface area contributed by atoms with Gasteiger partial charge >= 0.3 is 5.97 Å². The third-order valence-corrected chi connectivity index (χ3v) is 2.63. The predicted molar refractivity (Wildman–Crippen MR) is 68.4 cm³/mol. The van der Waals surface area contributed by atoms with Crippen LogP contribution in [-0.2, 0) is 9.53 Å². The van der Waals surface area contributed by atoms with E-state index in [1.807, 2.05) is 6.92 Å². The standard InChI is InChI=1S/C14H26O2/c1-4-10-13(5-2)11-8-7-9-12-14(15)16-6-3/h10H,4-9,11-12H2,1-3H3/b13-10+. The topological polar surface area (TPSA) is 26.3 Å². The molecule has 0 heterocycles. The van der Waals surface area contributed by atoms with E-state index in [4.69, 9.17) is 4.74 Å². The molecule has 0 aliphatic rings. The highest BCUT2D eigenvalue weighted by atomic mass is 16.5. The van der Waals surface area contributed by atoms with Crippen LogP contribution >= 0.6 is 0 Å². The van der Waals surface area contributed by atoms with Crippen LogP contribution < -0.4 is 0 Å². The number of allylic oxidation sites excluding steroid dienone is 2. The molecule has 0 saturated heterocycles. The van der Waals surface area contributed by atoms with E-state index in [1.165, 1.54) is 12.8 Å². The molecule has 94 valence electrons. The minimum absolute atomic E-state index is 0.0534. The second-order valence-corrected chi connectivity index (χ2v) is 3.99. The Morgan fingerprint density at radius 1 is 1.06 bits per heavy atom. The maximum absolute atomic E-state index is 11.1. The van der Waals surface area contributed by atoms with Crippen LogP contribution in [0.2, 0.25) is 0 Å². The Bertz CT molecular complexity index is 207. The van der Waals surface area contributed by atoms with E-state index in [0.29, 0.717) is 13.0 Å². The molecule has 0 rings (SSSR count). The van der Waals surface area contributed by atoms with Crippen molar-refractivity contribution in [2.45, 2.75) is 65.7 Å². The van der Waals surface area contributed by atoms with Gasteiger partial charge in [0.15, 0.2) is 0 Å². The monoisotopic (exact) mass is 226 g/mol. The van der Waals surface area contributed by atoms with Crippen LogP contribution in [0.3, 0.4) is 0 Å². The number of carbonyl (C=O) groups excluding carboxylic acids is 1. The maximum Gasteiger partial charge on any atom is 0.305 e. The summed E-state index contributed by atoms with van der Waals surface area (Å²) >= 11 is 0. The Morgan fingerprint density at radius 3 is 2.31 bits per heavy atom. The van der Waals surface area contributed by atoms with E-state index in [0.717, 1.165) is 25.7 Å². The Hall–Kier alpha value is -0.790. The summed E-state index contributed by atoms with van der Waals surface area (Å²) in [6, 6.07) is 0. The fraction of sp³-hybridized carbons (Fsp3) is 0.786. The van der Waals surface area contributed by atoms with Crippen LogP contribution in [0.25, 0.3) is 0 Å². The van der Waals surface area contributed by atoms with Gasteiger partial charge in [0.25, 0.3) is 0 Å². The van der Waals surface area contributed by atoms with E-state index in [-0.39, 0.29) is 5.97 Å².